The van der Waals surface area contributed by atoms with Crippen molar-refractivity contribution in [3.05, 3.63) is 29.3 Å². The second-order valence-corrected chi connectivity index (χ2v) is 4.84. The molecule has 0 radical (unpaired) electrons. The Morgan fingerprint density at radius 3 is 2.33 bits per heavy atom. The summed E-state index contributed by atoms with van der Waals surface area (Å²) in [4.78, 5) is 11.8. The minimum Gasteiger partial charge on any atom is -0.399 e. The standard InChI is InChI=1S/C12H18N2O/c1-8-5-9(7-10(13)6-8)11(15)14-12(2,3)4/h5-7H,13H2,1-4H3,(H,14,15). The molecule has 0 bridgehead atoms. The van der Waals surface area contributed by atoms with Crippen molar-refractivity contribution in [1.29, 1.82) is 0 Å². The number of hydrogen-bond acceptors (Lipinski definition) is 2. The second-order valence-electron chi connectivity index (χ2n) is 4.84. The molecule has 0 aromatic heterocycles. The van der Waals surface area contributed by atoms with Crippen LogP contribution in [0.3, 0.4) is 0 Å². The first-order valence-corrected chi connectivity index (χ1v) is 4.97. The molecule has 0 heterocycles. The quantitative estimate of drug-likeness (QED) is 0.691. The van der Waals surface area contributed by atoms with E-state index in [9.17, 15) is 4.79 Å². The van der Waals surface area contributed by atoms with E-state index in [2.05, 4.69) is 5.32 Å². The number of aryl methyl sites for hydroxylation is 1. The van der Waals surface area contributed by atoms with E-state index in [4.69, 9.17) is 5.73 Å². The van der Waals surface area contributed by atoms with Crippen LogP contribution in [0.1, 0.15) is 36.7 Å². The third kappa shape index (κ3) is 3.62. The molecule has 0 saturated heterocycles. The van der Waals surface area contributed by atoms with Crippen molar-refractivity contribution in [2.24, 2.45) is 0 Å². The van der Waals surface area contributed by atoms with Crippen LogP contribution in [0.2, 0.25) is 0 Å². The van der Waals surface area contributed by atoms with Gasteiger partial charge in [-0.05, 0) is 51.5 Å². The Morgan fingerprint density at radius 1 is 1.27 bits per heavy atom. The van der Waals surface area contributed by atoms with Crippen molar-refractivity contribution >= 4 is 11.6 Å². The smallest absolute Gasteiger partial charge is 0.251 e. The molecule has 1 amide bonds. The summed E-state index contributed by atoms with van der Waals surface area (Å²) in [7, 11) is 0. The third-order valence-electron chi connectivity index (χ3n) is 1.85. The zero-order valence-corrected chi connectivity index (χ0v) is 9.72. The highest BCUT2D eigenvalue weighted by Gasteiger charge is 2.15. The lowest BCUT2D eigenvalue weighted by Crippen LogP contribution is -2.40. The minimum atomic E-state index is -0.227. The molecule has 3 N–H and O–H groups in total. The highest BCUT2D eigenvalue weighted by atomic mass is 16.1. The monoisotopic (exact) mass is 206 g/mol. The normalized spacial score (nSPS) is 11.2. The Labute approximate surface area is 90.7 Å². The van der Waals surface area contributed by atoms with E-state index in [-0.39, 0.29) is 11.4 Å². The molecular weight excluding hydrogens is 188 g/mol. The molecule has 0 saturated carbocycles. The molecule has 82 valence electrons. The highest BCUT2D eigenvalue weighted by Crippen LogP contribution is 2.12. The number of nitrogens with one attached hydrogen (secondary N) is 1. The van der Waals surface area contributed by atoms with Crippen molar-refractivity contribution in [1.82, 2.24) is 5.32 Å². The molecule has 3 heteroatoms. The summed E-state index contributed by atoms with van der Waals surface area (Å²) in [6.07, 6.45) is 0. The zero-order valence-electron chi connectivity index (χ0n) is 9.72. The number of amides is 1. The van der Waals surface area contributed by atoms with E-state index in [1.54, 1.807) is 6.07 Å². The minimum absolute atomic E-state index is 0.0853. The first-order valence-electron chi connectivity index (χ1n) is 4.97. The lowest BCUT2D eigenvalue weighted by molar-refractivity contribution is 0.0919. The molecule has 0 fully saturated rings. The number of nitrogens with two attached hydrogens (primary N) is 1. The van der Waals surface area contributed by atoms with Crippen molar-refractivity contribution in [2.75, 3.05) is 5.73 Å². The molecule has 1 aromatic rings. The van der Waals surface area contributed by atoms with Gasteiger partial charge in [0, 0.05) is 16.8 Å². The fourth-order valence-corrected chi connectivity index (χ4v) is 1.36. The van der Waals surface area contributed by atoms with Crippen LogP contribution in [0, 0.1) is 6.92 Å². The molecule has 1 rings (SSSR count). The average molecular weight is 206 g/mol. The lowest BCUT2D eigenvalue weighted by Gasteiger charge is -2.20. The van der Waals surface area contributed by atoms with E-state index >= 15 is 0 Å². The van der Waals surface area contributed by atoms with Gasteiger partial charge < -0.3 is 11.1 Å². The van der Waals surface area contributed by atoms with E-state index in [1.165, 1.54) is 0 Å². The SMILES string of the molecule is Cc1cc(N)cc(C(=O)NC(C)(C)C)c1. The lowest BCUT2D eigenvalue weighted by atomic mass is 10.1. The van der Waals surface area contributed by atoms with E-state index < -0.39 is 0 Å². The van der Waals surface area contributed by atoms with Crippen LogP contribution < -0.4 is 11.1 Å². The van der Waals surface area contributed by atoms with Gasteiger partial charge in [0.1, 0.15) is 0 Å². The number of rotatable bonds is 1. The van der Waals surface area contributed by atoms with Crippen LogP contribution in [0.5, 0.6) is 0 Å². The predicted molar refractivity (Wildman–Crippen MR) is 62.8 cm³/mol. The molecular formula is C12H18N2O. The first-order chi connectivity index (χ1) is 6.78. The van der Waals surface area contributed by atoms with Gasteiger partial charge >= 0.3 is 0 Å². The summed E-state index contributed by atoms with van der Waals surface area (Å²) in [6, 6.07) is 5.36. The van der Waals surface area contributed by atoms with Crippen molar-refractivity contribution < 1.29 is 4.79 Å². The number of nitrogen functional groups attached to an aromatic ring is 1. The van der Waals surface area contributed by atoms with E-state index in [1.807, 2.05) is 39.8 Å². The van der Waals surface area contributed by atoms with Gasteiger partial charge in [-0.1, -0.05) is 0 Å². The Kier molecular flexibility index (Phi) is 3.03. The number of hydrogen-bond donors (Lipinski definition) is 2. The number of anilines is 1. The molecule has 0 aliphatic heterocycles. The Hall–Kier alpha value is -1.51. The van der Waals surface area contributed by atoms with Crippen LogP contribution in [0.4, 0.5) is 5.69 Å². The maximum absolute atomic E-state index is 11.8. The van der Waals surface area contributed by atoms with Gasteiger partial charge in [-0.2, -0.15) is 0 Å². The molecule has 15 heavy (non-hydrogen) atoms. The van der Waals surface area contributed by atoms with Crippen LogP contribution >= 0.6 is 0 Å². The molecule has 0 aliphatic carbocycles. The zero-order chi connectivity index (χ0) is 11.6. The second kappa shape index (κ2) is 3.93. The highest BCUT2D eigenvalue weighted by molar-refractivity contribution is 5.95. The number of carbonyl (C=O) groups is 1. The third-order valence-corrected chi connectivity index (χ3v) is 1.85. The van der Waals surface area contributed by atoms with Crippen LogP contribution in [0.15, 0.2) is 18.2 Å². The summed E-state index contributed by atoms with van der Waals surface area (Å²) in [6.45, 7) is 7.77. The van der Waals surface area contributed by atoms with Gasteiger partial charge in [0.05, 0.1) is 0 Å². The van der Waals surface area contributed by atoms with E-state index in [0.717, 1.165) is 5.56 Å². The van der Waals surface area contributed by atoms with Crippen LogP contribution in [0.25, 0.3) is 0 Å². The molecule has 3 nitrogen and oxygen atoms in total. The Balaban J connectivity index is 2.92. The van der Waals surface area contributed by atoms with Crippen LogP contribution in [-0.4, -0.2) is 11.4 Å². The van der Waals surface area contributed by atoms with Gasteiger partial charge in [-0.3, -0.25) is 4.79 Å². The maximum Gasteiger partial charge on any atom is 0.251 e. The predicted octanol–water partition coefficient (Wildman–Crippen LogP) is 2.11. The largest absolute Gasteiger partial charge is 0.399 e. The van der Waals surface area contributed by atoms with Crippen molar-refractivity contribution in [2.45, 2.75) is 33.2 Å². The summed E-state index contributed by atoms with van der Waals surface area (Å²) < 4.78 is 0. The fraction of sp³-hybridized carbons (Fsp3) is 0.417. The summed E-state index contributed by atoms with van der Waals surface area (Å²) in [5, 5.41) is 2.90. The fourth-order valence-electron chi connectivity index (χ4n) is 1.36. The Bertz CT molecular complexity index is 357. The Morgan fingerprint density at radius 2 is 1.87 bits per heavy atom. The summed E-state index contributed by atoms with van der Waals surface area (Å²) in [5.41, 5.74) is 7.68. The average Bonchev–Trinajstić information content (AvgIpc) is 1.98. The van der Waals surface area contributed by atoms with Crippen molar-refractivity contribution in [3.63, 3.8) is 0 Å². The molecule has 1 aromatic carbocycles. The summed E-state index contributed by atoms with van der Waals surface area (Å²) >= 11 is 0. The van der Waals surface area contributed by atoms with Gasteiger partial charge in [0.15, 0.2) is 0 Å². The summed E-state index contributed by atoms with van der Waals surface area (Å²) in [5.74, 6) is -0.0853. The van der Waals surface area contributed by atoms with Gasteiger partial charge in [0.2, 0.25) is 0 Å². The maximum atomic E-state index is 11.8. The molecule has 0 aliphatic rings. The van der Waals surface area contributed by atoms with Crippen LogP contribution in [-0.2, 0) is 0 Å². The first kappa shape index (κ1) is 11.6. The van der Waals surface area contributed by atoms with Crippen molar-refractivity contribution in [3.8, 4) is 0 Å². The number of benzene rings is 1. The number of carbonyl (C=O) groups excluding carboxylic acids is 1. The molecule has 0 atom stereocenters. The van der Waals surface area contributed by atoms with Gasteiger partial charge in [-0.25, -0.2) is 0 Å². The molecule has 0 unspecified atom stereocenters. The topological polar surface area (TPSA) is 55.1 Å². The molecule has 0 spiro atoms. The van der Waals surface area contributed by atoms with Gasteiger partial charge in [0.25, 0.3) is 5.91 Å². The van der Waals surface area contributed by atoms with E-state index in [0.29, 0.717) is 11.3 Å². The van der Waals surface area contributed by atoms with Gasteiger partial charge in [-0.15, -0.1) is 0 Å².